The van der Waals surface area contributed by atoms with Gasteiger partial charge < -0.3 is 9.47 Å². The molecule has 4 N–H and O–H groups in total. The Morgan fingerprint density at radius 2 is 1.88 bits per heavy atom. The lowest BCUT2D eigenvalue weighted by Crippen LogP contribution is -2.50. The van der Waals surface area contributed by atoms with Crippen molar-refractivity contribution < 1.29 is 22.7 Å². The fourth-order valence-corrected chi connectivity index (χ4v) is 3.88. The summed E-state index contributed by atoms with van der Waals surface area (Å²) < 4.78 is 35.5. The van der Waals surface area contributed by atoms with E-state index in [0.29, 0.717) is 37.1 Å². The molecule has 0 bridgehead atoms. The van der Waals surface area contributed by atoms with Gasteiger partial charge in [-0.3, -0.25) is 15.6 Å². The summed E-state index contributed by atoms with van der Waals surface area (Å²) in [4.78, 5) is 14.3. The summed E-state index contributed by atoms with van der Waals surface area (Å²) in [6.45, 7) is 0.793. The van der Waals surface area contributed by atoms with Gasteiger partial charge in [0, 0.05) is 12.1 Å². The predicted octanol–water partition coefficient (Wildman–Crippen LogP) is -0.588. The van der Waals surface area contributed by atoms with Crippen LogP contribution in [0.25, 0.3) is 0 Å². The van der Waals surface area contributed by atoms with Crippen molar-refractivity contribution in [3.05, 3.63) is 18.2 Å². The van der Waals surface area contributed by atoms with Crippen molar-refractivity contribution in [2.75, 3.05) is 13.2 Å². The highest BCUT2D eigenvalue weighted by Gasteiger charge is 2.39. The van der Waals surface area contributed by atoms with Crippen LogP contribution in [-0.4, -0.2) is 39.6 Å². The maximum absolute atomic E-state index is 12.4. The monoisotopic (exact) mass is 368 g/mol. The van der Waals surface area contributed by atoms with E-state index in [2.05, 4.69) is 21.1 Å². The van der Waals surface area contributed by atoms with Crippen LogP contribution in [0.2, 0.25) is 0 Å². The highest BCUT2D eigenvalue weighted by Crippen LogP contribution is 2.35. The second kappa shape index (κ2) is 6.45. The quantitative estimate of drug-likeness (QED) is 0.513. The number of carbonyl (C=O) groups is 1. The minimum absolute atomic E-state index is 0.00888. The average molecular weight is 368 g/mol. The molecule has 2 unspecified atom stereocenters. The molecule has 10 heteroatoms. The van der Waals surface area contributed by atoms with Gasteiger partial charge in [-0.1, -0.05) is 0 Å². The van der Waals surface area contributed by atoms with Gasteiger partial charge in [0.05, 0.1) is 4.90 Å². The Morgan fingerprint density at radius 3 is 2.64 bits per heavy atom. The molecule has 1 amide bonds. The number of hydrazine groups is 2. The SMILES string of the molecule is O=C(NNS(=O)(=O)c1ccc2c(c1)OCCO2)C1CC(C2CC2)NN1. The summed E-state index contributed by atoms with van der Waals surface area (Å²) in [5.41, 5.74) is 8.28. The maximum atomic E-state index is 12.4. The Hall–Kier alpha value is -1.88. The third-order valence-corrected chi connectivity index (χ3v) is 5.82. The largest absolute Gasteiger partial charge is 0.486 e. The van der Waals surface area contributed by atoms with Crippen molar-refractivity contribution >= 4 is 15.9 Å². The molecule has 25 heavy (non-hydrogen) atoms. The summed E-state index contributed by atoms with van der Waals surface area (Å²) in [6.07, 6.45) is 2.98. The molecule has 2 fully saturated rings. The molecule has 1 saturated heterocycles. The van der Waals surface area contributed by atoms with Crippen molar-refractivity contribution in [2.45, 2.75) is 36.2 Å². The van der Waals surface area contributed by atoms with Crippen LogP contribution in [0.15, 0.2) is 23.1 Å². The number of nitrogens with one attached hydrogen (secondary N) is 4. The molecule has 2 heterocycles. The molecular formula is C15H20N4O5S. The lowest BCUT2D eigenvalue weighted by Gasteiger charge is -2.19. The Morgan fingerprint density at radius 1 is 1.12 bits per heavy atom. The first kappa shape index (κ1) is 16.6. The van der Waals surface area contributed by atoms with E-state index in [-0.39, 0.29) is 10.9 Å². The predicted molar refractivity (Wildman–Crippen MR) is 87.1 cm³/mol. The van der Waals surface area contributed by atoms with Gasteiger partial charge in [-0.15, -0.1) is 4.83 Å². The number of amides is 1. The van der Waals surface area contributed by atoms with Gasteiger partial charge in [0.25, 0.3) is 15.9 Å². The van der Waals surface area contributed by atoms with Crippen LogP contribution in [0.4, 0.5) is 0 Å². The zero-order valence-corrected chi connectivity index (χ0v) is 14.3. The Labute approximate surface area is 145 Å². The number of sulfonamides is 1. The van der Waals surface area contributed by atoms with Crippen LogP contribution in [-0.2, 0) is 14.8 Å². The highest BCUT2D eigenvalue weighted by molar-refractivity contribution is 7.89. The number of fused-ring (bicyclic) bond motifs is 1. The number of ether oxygens (including phenoxy) is 2. The first-order chi connectivity index (χ1) is 12.0. The molecule has 1 saturated carbocycles. The molecule has 1 aromatic carbocycles. The zero-order valence-electron chi connectivity index (χ0n) is 13.4. The van der Waals surface area contributed by atoms with Crippen LogP contribution in [0.3, 0.4) is 0 Å². The van der Waals surface area contributed by atoms with Crippen LogP contribution < -0.4 is 30.6 Å². The van der Waals surface area contributed by atoms with Crippen molar-refractivity contribution in [2.24, 2.45) is 5.92 Å². The lowest BCUT2D eigenvalue weighted by molar-refractivity contribution is -0.123. The summed E-state index contributed by atoms with van der Waals surface area (Å²) in [6, 6.07) is 4.12. The van der Waals surface area contributed by atoms with E-state index in [1.54, 1.807) is 0 Å². The topological polar surface area (TPSA) is 118 Å². The lowest BCUT2D eigenvalue weighted by atomic mass is 10.1. The summed E-state index contributed by atoms with van der Waals surface area (Å²) in [7, 11) is -3.90. The molecule has 2 aliphatic heterocycles. The average Bonchev–Trinajstić information content (AvgIpc) is 3.36. The van der Waals surface area contributed by atoms with Crippen molar-refractivity contribution in [3.63, 3.8) is 0 Å². The molecule has 4 rings (SSSR count). The standard InChI is InChI=1S/C15H20N4O5S/c20-15(12-8-11(16-17-12)9-1-2-9)18-19-25(21,22)10-3-4-13-14(7-10)24-6-5-23-13/h3-4,7,9,11-12,16-17,19H,1-2,5-6,8H2,(H,18,20). The van der Waals surface area contributed by atoms with E-state index < -0.39 is 22.0 Å². The first-order valence-electron chi connectivity index (χ1n) is 8.25. The van der Waals surface area contributed by atoms with E-state index in [1.807, 2.05) is 0 Å². The molecule has 0 aromatic heterocycles. The number of hydrogen-bond donors (Lipinski definition) is 4. The van der Waals surface area contributed by atoms with E-state index in [1.165, 1.54) is 31.0 Å². The number of rotatable bonds is 5. The van der Waals surface area contributed by atoms with Crippen molar-refractivity contribution in [1.29, 1.82) is 0 Å². The Kier molecular flexibility index (Phi) is 4.28. The summed E-state index contributed by atoms with van der Waals surface area (Å²) >= 11 is 0. The molecule has 2 atom stereocenters. The van der Waals surface area contributed by atoms with Gasteiger partial charge in [0.15, 0.2) is 11.5 Å². The Bertz CT molecular complexity index is 780. The normalized spacial score (nSPS) is 25.6. The molecule has 0 radical (unpaired) electrons. The molecule has 9 nitrogen and oxygen atoms in total. The number of benzene rings is 1. The smallest absolute Gasteiger partial charge is 0.257 e. The third-order valence-electron chi connectivity index (χ3n) is 4.57. The van der Waals surface area contributed by atoms with E-state index in [0.717, 1.165) is 0 Å². The highest BCUT2D eigenvalue weighted by atomic mass is 32.2. The van der Waals surface area contributed by atoms with Crippen molar-refractivity contribution in [1.82, 2.24) is 21.1 Å². The van der Waals surface area contributed by atoms with Crippen LogP contribution in [0.1, 0.15) is 19.3 Å². The minimum Gasteiger partial charge on any atom is -0.486 e. The fraction of sp³-hybridized carbons (Fsp3) is 0.533. The molecule has 1 aliphatic carbocycles. The van der Waals surface area contributed by atoms with Crippen LogP contribution in [0, 0.1) is 5.92 Å². The summed E-state index contributed by atoms with van der Waals surface area (Å²) in [5, 5.41) is 0. The van der Waals surface area contributed by atoms with Gasteiger partial charge in [-0.2, -0.15) is 0 Å². The fourth-order valence-electron chi connectivity index (χ4n) is 3.02. The second-order valence-corrected chi connectivity index (χ2v) is 8.10. The van der Waals surface area contributed by atoms with Gasteiger partial charge in [0.2, 0.25) is 0 Å². The van der Waals surface area contributed by atoms with Crippen molar-refractivity contribution in [3.8, 4) is 11.5 Å². The molecular weight excluding hydrogens is 348 g/mol. The van der Waals surface area contributed by atoms with Crippen LogP contribution in [0.5, 0.6) is 11.5 Å². The van der Waals surface area contributed by atoms with Crippen LogP contribution >= 0.6 is 0 Å². The first-order valence-corrected chi connectivity index (χ1v) is 9.73. The molecule has 1 aromatic rings. The zero-order chi connectivity index (χ0) is 17.4. The van der Waals surface area contributed by atoms with E-state index in [9.17, 15) is 13.2 Å². The van der Waals surface area contributed by atoms with Gasteiger partial charge in [0.1, 0.15) is 19.3 Å². The maximum Gasteiger partial charge on any atom is 0.257 e. The Balaban J connectivity index is 1.37. The van der Waals surface area contributed by atoms with Gasteiger partial charge in [-0.05, 0) is 37.3 Å². The number of hydrogen-bond acceptors (Lipinski definition) is 7. The molecule has 3 aliphatic rings. The van der Waals surface area contributed by atoms with E-state index >= 15 is 0 Å². The summed E-state index contributed by atoms with van der Waals surface area (Å²) in [5.74, 6) is 1.06. The van der Waals surface area contributed by atoms with Gasteiger partial charge >= 0.3 is 0 Å². The molecule has 136 valence electrons. The minimum atomic E-state index is -3.90. The second-order valence-electron chi connectivity index (χ2n) is 6.42. The van der Waals surface area contributed by atoms with E-state index in [4.69, 9.17) is 9.47 Å². The third kappa shape index (κ3) is 3.56. The number of carbonyl (C=O) groups excluding carboxylic acids is 1. The molecule has 0 spiro atoms. The van der Waals surface area contributed by atoms with Gasteiger partial charge in [-0.25, -0.2) is 13.8 Å².